The normalized spacial score (nSPS) is 12.6. The van der Waals surface area contributed by atoms with Gasteiger partial charge >= 0.3 is 6.09 Å². The molecule has 0 aromatic heterocycles. The van der Waals surface area contributed by atoms with Gasteiger partial charge in [-0.1, -0.05) is 6.07 Å². The van der Waals surface area contributed by atoms with Crippen LogP contribution in [0.1, 0.15) is 32.4 Å². The summed E-state index contributed by atoms with van der Waals surface area (Å²) in [5.41, 5.74) is 0.00328. The van der Waals surface area contributed by atoms with E-state index in [0.717, 1.165) is 0 Å². The number of alkyl carbamates (subject to hydrolysis) is 1. The zero-order valence-corrected chi connectivity index (χ0v) is 14.4. The number of amides is 1. The summed E-state index contributed by atoms with van der Waals surface area (Å²) >= 11 is 3.29. The molecule has 0 aliphatic carbocycles. The van der Waals surface area contributed by atoms with E-state index >= 15 is 0 Å². The molecule has 7 heteroatoms. The van der Waals surface area contributed by atoms with E-state index in [2.05, 4.69) is 21.2 Å². The summed E-state index contributed by atoms with van der Waals surface area (Å²) < 4.78 is 23.0. The topological polar surface area (TPSA) is 67.8 Å². The Labute approximate surface area is 137 Å². The number of nitrogens with one attached hydrogen (secondary N) is 1. The monoisotopic (exact) mass is 377 g/mol. The quantitative estimate of drug-likeness (QED) is 0.797. The highest BCUT2D eigenvalue weighted by Gasteiger charge is 2.17. The third-order valence-electron chi connectivity index (χ3n) is 2.51. The van der Waals surface area contributed by atoms with Gasteiger partial charge in [0.15, 0.2) is 0 Å². The first-order valence-electron chi connectivity index (χ1n) is 6.86. The lowest BCUT2D eigenvalue weighted by Gasteiger charge is -2.20. The van der Waals surface area contributed by atoms with E-state index in [0.29, 0.717) is 15.8 Å². The highest BCUT2D eigenvalue weighted by Crippen LogP contribution is 2.28. The van der Waals surface area contributed by atoms with Crippen LogP contribution in [0.2, 0.25) is 0 Å². The second kappa shape index (κ2) is 8.33. The summed E-state index contributed by atoms with van der Waals surface area (Å²) in [6.45, 7) is 4.70. The van der Waals surface area contributed by atoms with Crippen molar-refractivity contribution >= 4 is 22.0 Å². The molecule has 0 saturated heterocycles. The van der Waals surface area contributed by atoms with Crippen LogP contribution in [0.4, 0.5) is 9.18 Å². The number of hydrogen-bond donors (Lipinski definition) is 2. The molecule has 124 valence electrons. The molecule has 1 aromatic carbocycles. The van der Waals surface area contributed by atoms with Gasteiger partial charge in [-0.15, -0.1) is 0 Å². The van der Waals surface area contributed by atoms with E-state index < -0.39 is 24.5 Å². The molecule has 5 nitrogen and oxygen atoms in total. The Hall–Kier alpha value is -1.34. The van der Waals surface area contributed by atoms with Crippen LogP contribution in [0, 0.1) is 0 Å². The third-order valence-corrected chi connectivity index (χ3v) is 3.13. The lowest BCUT2D eigenvalue weighted by molar-refractivity contribution is 0.0491. The van der Waals surface area contributed by atoms with Crippen molar-refractivity contribution in [2.75, 3.05) is 19.8 Å². The molecule has 1 rings (SSSR count). The second-order valence-corrected chi connectivity index (χ2v) is 6.48. The number of ether oxygens (including phenoxy) is 2. The number of aliphatic hydroxyl groups is 1. The fraction of sp³-hybridized carbons (Fsp3) is 0.533. The van der Waals surface area contributed by atoms with Crippen molar-refractivity contribution in [2.45, 2.75) is 32.5 Å². The fourth-order valence-corrected chi connectivity index (χ4v) is 2.11. The molecule has 0 heterocycles. The van der Waals surface area contributed by atoms with Crippen LogP contribution >= 0.6 is 15.9 Å². The first-order valence-corrected chi connectivity index (χ1v) is 7.65. The van der Waals surface area contributed by atoms with E-state index in [1.165, 1.54) is 0 Å². The van der Waals surface area contributed by atoms with Crippen LogP contribution in [0.15, 0.2) is 22.7 Å². The van der Waals surface area contributed by atoms with Crippen LogP contribution in [0.25, 0.3) is 0 Å². The van der Waals surface area contributed by atoms with Gasteiger partial charge in [-0.2, -0.15) is 0 Å². The molecule has 1 unspecified atom stereocenters. The molecule has 0 fully saturated rings. The molecule has 0 saturated carbocycles. The number of carbonyl (C=O) groups excluding carboxylic acids is 1. The van der Waals surface area contributed by atoms with Crippen LogP contribution in [0.5, 0.6) is 5.75 Å². The maximum atomic E-state index is 12.1. The zero-order chi connectivity index (χ0) is 16.8. The molecule has 22 heavy (non-hydrogen) atoms. The van der Waals surface area contributed by atoms with Gasteiger partial charge in [-0.25, -0.2) is 9.18 Å². The standard InChI is InChI=1S/C15H21BrFNO4/c1-15(2,3)22-14(20)18-9-12(19)10-4-5-13(11(16)8-10)21-7-6-17/h4-5,8,12,19H,6-7,9H2,1-3H3,(H,18,20). The van der Waals surface area contributed by atoms with Gasteiger partial charge in [0.05, 0.1) is 17.1 Å². The number of hydrogen-bond acceptors (Lipinski definition) is 4. The predicted octanol–water partition coefficient (Wildman–Crippen LogP) is 3.36. The van der Waals surface area contributed by atoms with Crippen molar-refractivity contribution in [3.05, 3.63) is 28.2 Å². The Morgan fingerprint density at radius 1 is 1.45 bits per heavy atom. The lowest BCUT2D eigenvalue weighted by atomic mass is 10.1. The van der Waals surface area contributed by atoms with Crippen LogP contribution in [-0.2, 0) is 4.74 Å². The SMILES string of the molecule is CC(C)(C)OC(=O)NCC(O)c1ccc(OCCF)c(Br)c1. The number of alkyl halides is 1. The molecule has 1 atom stereocenters. The minimum atomic E-state index is -0.890. The third kappa shape index (κ3) is 6.62. The van der Waals surface area contributed by atoms with Gasteiger partial charge in [0, 0.05) is 0 Å². The summed E-state index contributed by atoms with van der Waals surface area (Å²) in [5.74, 6) is 0.494. The van der Waals surface area contributed by atoms with Gasteiger partial charge in [-0.3, -0.25) is 0 Å². The Morgan fingerprint density at radius 3 is 2.68 bits per heavy atom. The van der Waals surface area contributed by atoms with E-state index in [1.807, 2.05) is 0 Å². The number of halogens is 2. The van der Waals surface area contributed by atoms with E-state index in [9.17, 15) is 14.3 Å². The summed E-state index contributed by atoms with van der Waals surface area (Å²) in [6, 6.07) is 4.94. The van der Waals surface area contributed by atoms with E-state index in [1.54, 1.807) is 39.0 Å². The highest BCUT2D eigenvalue weighted by atomic mass is 79.9. The molecular weight excluding hydrogens is 357 g/mol. The average molecular weight is 378 g/mol. The molecular formula is C15H21BrFNO4. The molecule has 0 spiro atoms. The summed E-state index contributed by atoms with van der Waals surface area (Å²) in [7, 11) is 0. The molecule has 1 amide bonds. The average Bonchev–Trinajstić information content (AvgIpc) is 2.41. The number of aliphatic hydroxyl groups excluding tert-OH is 1. The van der Waals surface area contributed by atoms with Crippen LogP contribution in [0.3, 0.4) is 0 Å². The fourth-order valence-electron chi connectivity index (χ4n) is 1.60. The van der Waals surface area contributed by atoms with Crippen molar-refractivity contribution < 1.29 is 23.8 Å². The minimum absolute atomic E-state index is 0.0199. The molecule has 2 N–H and O–H groups in total. The summed E-state index contributed by atoms with van der Waals surface area (Å²) in [5, 5.41) is 12.6. The first-order chi connectivity index (χ1) is 10.2. The van der Waals surface area contributed by atoms with Gasteiger partial charge in [0.25, 0.3) is 0 Å². The summed E-state index contributed by atoms with van der Waals surface area (Å²) in [6.07, 6.45) is -1.48. The molecule has 0 aliphatic heterocycles. The Morgan fingerprint density at radius 2 is 2.14 bits per heavy atom. The van der Waals surface area contributed by atoms with Gasteiger partial charge in [-0.05, 0) is 54.4 Å². The van der Waals surface area contributed by atoms with Gasteiger partial charge in [0.1, 0.15) is 24.6 Å². The molecule has 0 aliphatic rings. The van der Waals surface area contributed by atoms with Crippen LogP contribution < -0.4 is 10.1 Å². The predicted molar refractivity (Wildman–Crippen MR) is 84.8 cm³/mol. The molecule has 0 radical (unpaired) electrons. The van der Waals surface area contributed by atoms with Crippen molar-refractivity contribution in [1.82, 2.24) is 5.32 Å². The lowest BCUT2D eigenvalue weighted by Crippen LogP contribution is -2.34. The van der Waals surface area contributed by atoms with E-state index in [-0.39, 0.29) is 13.2 Å². The number of rotatable bonds is 6. The van der Waals surface area contributed by atoms with Crippen molar-refractivity contribution in [3.8, 4) is 5.75 Å². The van der Waals surface area contributed by atoms with E-state index in [4.69, 9.17) is 9.47 Å². The van der Waals surface area contributed by atoms with Crippen molar-refractivity contribution in [1.29, 1.82) is 0 Å². The Kier molecular flexibility index (Phi) is 7.09. The van der Waals surface area contributed by atoms with Crippen molar-refractivity contribution in [2.24, 2.45) is 0 Å². The Bertz CT molecular complexity index is 505. The maximum absolute atomic E-state index is 12.1. The zero-order valence-electron chi connectivity index (χ0n) is 12.9. The maximum Gasteiger partial charge on any atom is 0.407 e. The molecule has 1 aromatic rings. The second-order valence-electron chi connectivity index (χ2n) is 5.63. The Balaban J connectivity index is 2.57. The van der Waals surface area contributed by atoms with Gasteiger partial charge in [0.2, 0.25) is 0 Å². The molecule has 0 bridgehead atoms. The first kappa shape index (κ1) is 18.7. The largest absolute Gasteiger partial charge is 0.490 e. The number of benzene rings is 1. The minimum Gasteiger partial charge on any atom is -0.490 e. The highest BCUT2D eigenvalue weighted by molar-refractivity contribution is 9.10. The smallest absolute Gasteiger partial charge is 0.407 e. The van der Waals surface area contributed by atoms with Crippen LogP contribution in [-0.4, -0.2) is 36.6 Å². The van der Waals surface area contributed by atoms with Crippen molar-refractivity contribution in [3.63, 3.8) is 0 Å². The number of carbonyl (C=O) groups is 1. The van der Waals surface area contributed by atoms with Gasteiger partial charge < -0.3 is 19.9 Å². The summed E-state index contributed by atoms with van der Waals surface area (Å²) in [4.78, 5) is 11.5.